The molecule has 1 N–H and O–H groups in total. The summed E-state index contributed by atoms with van der Waals surface area (Å²) in [6.45, 7) is 6.68. The van der Waals surface area contributed by atoms with Crippen LogP contribution in [-0.4, -0.2) is 77.1 Å². The van der Waals surface area contributed by atoms with Crippen LogP contribution in [-0.2, 0) is 11.3 Å². The summed E-state index contributed by atoms with van der Waals surface area (Å²) in [6.07, 6.45) is 3.04. The Hall–Kier alpha value is -1.80. The second-order valence-electron chi connectivity index (χ2n) is 7.73. The van der Waals surface area contributed by atoms with Gasteiger partial charge in [-0.15, -0.1) is 10.2 Å². The van der Waals surface area contributed by atoms with Crippen LogP contribution < -0.4 is 0 Å². The Morgan fingerprint density at radius 1 is 1.07 bits per heavy atom. The first-order valence-corrected chi connectivity index (χ1v) is 10.4. The minimum Gasteiger partial charge on any atom is -0.419 e. The van der Waals surface area contributed by atoms with Crippen molar-refractivity contribution in [3.05, 3.63) is 36.2 Å². The van der Waals surface area contributed by atoms with E-state index in [1.54, 1.807) is 0 Å². The first kappa shape index (κ1) is 19.5. The van der Waals surface area contributed by atoms with Crippen molar-refractivity contribution in [3.63, 3.8) is 0 Å². The molecule has 2 fully saturated rings. The molecule has 28 heavy (non-hydrogen) atoms. The number of piperidine rings is 1. The van der Waals surface area contributed by atoms with Gasteiger partial charge >= 0.3 is 0 Å². The van der Waals surface area contributed by atoms with Crippen molar-refractivity contribution in [2.45, 2.75) is 31.8 Å². The van der Waals surface area contributed by atoms with Crippen molar-refractivity contribution in [2.75, 3.05) is 46.0 Å². The third-order valence-electron chi connectivity index (χ3n) is 5.87. The Kier molecular flexibility index (Phi) is 6.69. The fraction of sp³-hybridized carbons (Fsp3) is 0.619. The van der Waals surface area contributed by atoms with Crippen molar-refractivity contribution >= 4 is 0 Å². The zero-order valence-corrected chi connectivity index (χ0v) is 16.4. The Morgan fingerprint density at radius 3 is 2.68 bits per heavy atom. The van der Waals surface area contributed by atoms with Crippen LogP contribution in [0.1, 0.15) is 25.2 Å². The minimum atomic E-state index is 0.260. The van der Waals surface area contributed by atoms with Crippen molar-refractivity contribution in [2.24, 2.45) is 5.92 Å². The molecular formula is C21H30N4O3. The molecule has 2 atom stereocenters. The molecule has 152 valence electrons. The number of benzene rings is 1. The number of likely N-dealkylation sites (tertiary alicyclic amines) is 1. The van der Waals surface area contributed by atoms with Crippen molar-refractivity contribution in [1.29, 1.82) is 0 Å². The molecule has 0 amide bonds. The fourth-order valence-corrected chi connectivity index (χ4v) is 4.47. The number of morpholine rings is 1. The van der Waals surface area contributed by atoms with E-state index in [1.807, 2.05) is 30.3 Å². The molecule has 2 saturated heterocycles. The molecule has 2 aliphatic heterocycles. The van der Waals surface area contributed by atoms with Gasteiger partial charge in [0.15, 0.2) is 0 Å². The number of aromatic nitrogens is 2. The molecule has 0 bridgehead atoms. The van der Waals surface area contributed by atoms with Gasteiger partial charge in [-0.1, -0.05) is 18.2 Å². The average Bonchev–Trinajstić information content (AvgIpc) is 3.22. The van der Waals surface area contributed by atoms with E-state index < -0.39 is 0 Å². The van der Waals surface area contributed by atoms with Gasteiger partial charge in [-0.05, 0) is 37.3 Å². The SMILES string of the molecule is OCCC[C@@H]1CN(Cc2nnc(-c3ccccc3)o2)CC[C@@H]1N1CCOCC1. The number of hydrogen-bond donors (Lipinski definition) is 1. The predicted molar refractivity (Wildman–Crippen MR) is 106 cm³/mol. The van der Waals surface area contributed by atoms with Gasteiger partial charge in [0.1, 0.15) is 0 Å². The first-order valence-electron chi connectivity index (χ1n) is 10.4. The van der Waals surface area contributed by atoms with Gasteiger partial charge in [0.2, 0.25) is 11.8 Å². The number of aliphatic hydroxyl groups is 1. The molecule has 0 saturated carbocycles. The van der Waals surface area contributed by atoms with Crippen LogP contribution in [0, 0.1) is 5.92 Å². The van der Waals surface area contributed by atoms with Crippen molar-refractivity contribution in [1.82, 2.24) is 20.0 Å². The molecule has 7 nitrogen and oxygen atoms in total. The standard InChI is InChI=1S/C21H30N4O3/c26-12-4-7-18-15-24(9-8-19(18)25-10-13-27-14-11-25)16-20-22-23-21(28-20)17-5-2-1-3-6-17/h1-3,5-6,18-19,26H,4,7-16H2/t18-,19+/m1/s1. The molecule has 0 spiro atoms. The molecule has 1 aromatic carbocycles. The number of ether oxygens (including phenoxy) is 1. The second kappa shape index (κ2) is 9.60. The molecule has 2 aromatic rings. The first-order chi connectivity index (χ1) is 13.8. The third kappa shape index (κ3) is 4.78. The Bertz CT molecular complexity index is 717. The highest BCUT2D eigenvalue weighted by Crippen LogP contribution is 2.28. The maximum atomic E-state index is 9.33. The summed E-state index contributed by atoms with van der Waals surface area (Å²) in [5, 5.41) is 17.8. The van der Waals surface area contributed by atoms with Gasteiger partial charge in [-0.25, -0.2) is 0 Å². The van der Waals surface area contributed by atoms with Gasteiger partial charge in [-0.3, -0.25) is 9.80 Å². The summed E-state index contributed by atoms with van der Waals surface area (Å²) in [6, 6.07) is 10.5. The lowest BCUT2D eigenvalue weighted by atomic mass is 9.87. The third-order valence-corrected chi connectivity index (χ3v) is 5.87. The minimum absolute atomic E-state index is 0.260. The van der Waals surface area contributed by atoms with E-state index in [-0.39, 0.29) is 6.61 Å². The summed E-state index contributed by atoms with van der Waals surface area (Å²) in [5.41, 5.74) is 0.952. The summed E-state index contributed by atoms with van der Waals surface area (Å²) >= 11 is 0. The van der Waals surface area contributed by atoms with E-state index in [9.17, 15) is 5.11 Å². The van der Waals surface area contributed by atoms with E-state index >= 15 is 0 Å². The van der Waals surface area contributed by atoms with Gasteiger partial charge < -0.3 is 14.3 Å². The van der Waals surface area contributed by atoms with E-state index in [0.29, 0.717) is 30.3 Å². The van der Waals surface area contributed by atoms with E-state index in [4.69, 9.17) is 9.15 Å². The van der Waals surface area contributed by atoms with Crippen LogP contribution in [0.5, 0.6) is 0 Å². The number of nitrogens with zero attached hydrogens (tertiary/aromatic N) is 4. The zero-order chi connectivity index (χ0) is 19.2. The normalized spacial score (nSPS) is 24.5. The van der Waals surface area contributed by atoms with Gasteiger partial charge in [0.05, 0.1) is 19.8 Å². The zero-order valence-electron chi connectivity index (χ0n) is 16.4. The van der Waals surface area contributed by atoms with Crippen LogP contribution >= 0.6 is 0 Å². The lowest BCUT2D eigenvalue weighted by Gasteiger charge is -2.45. The Balaban J connectivity index is 1.38. The maximum Gasteiger partial charge on any atom is 0.247 e. The summed E-state index contributed by atoms with van der Waals surface area (Å²) in [7, 11) is 0. The molecule has 2 aliphatic rings. The molecular weight excluding hydrogens is 356 g/mol. The number of rotatable bonds is 7. The number of aliphatic hydroxyl groups excluding tert-OH is 1. The van der Waals surface area contributed by atoms with Gasteiger partial charge in [0.25, 0.3) is 0 Å². The Morgan fingerprint density at radius 2 is 1.89 bits per heavy atom. The molecule has 7 heteroatoms. The van der Waals surface area contributed by atoms with Crippen LogP contribution in [0.25, 0.3) is 11.5 Å². The van der Waals surface area contributed by atoms with Crippen molar-refractivity contribution in [3.8, 4) is 11.5 Å². The Labute approximate surface area is 166 Å². The van der Waals surface area contributed by atoms with E-state index in [2.05, 4.69) is 20.0 Å². The second-order valence-corrected chi connectivity index (χ2v) is 7.73. The van der Waals surface area contributed by atoms with Crippen molar-refractivity contribution < 1.29 is 14.3 Å². The van der Waals surface area contributed by atoms with Crippen LogP contribution in [0.2, 0.25) is 0 Å². The lowest BCUT2D eigenvalue weighted by molar-refractivity contribution is -0.0240. The molecule has 3 heterocycles. The topological polar surface area (TPSA) is 74.9 Å². The lowest BCUT2D eigenvalue weighted by Crippen LogP contribution is -2.53. The van der Waals surface area contributed by atoms with Crippen LogP contribution in [0.15, 0.2) is 34.7 Å². The van der Waals surface area contributed by atoms with Gasteiger partial charge in [-0.2, -0.15) is 0 Å². The summed E-state index contributed by atoms with van der Waals surface area (Å²) in [5.74, 6) is 1.80. The quantitative estimate of drug-likeness (QED) is 0.780. The largest absolute Gasteiger partial charge is 0.419 e. The van der Waals surface area contributed by atoms with Crippen LogP contribution in [0.3, 0.4) is 0 Å². The molecule has 1 aromatic heterocycles. The molecule has 0 radical (unpaired) electrons. The maximum absolute atomic E-state index is 9.33. The monoisotopic (exact) mass is 386 g/mol. The molecule has 4 rings (SSSR count). The van der Waals surface area contributed by atoms with E-state index in [0.717, 1.165) is 64.2 Å². The summed E-state index contributed by atoms with van der Waals surface area (Å²) in [4.78, 5) is 5.00. The average molecular weight is 386 g/mol. The van der Waals surface area contributed by atoms with Gasteiger partial charge in [0, 0.05) is 44.4 Å². The number of hydrogen-bond acceptors (Lipinski definition) is 7. The highest BCUT2D eigenvalue weighted by molar-refractivity contribution is 5.51. The molecule has 0 unspecified atom stereocenters. The highest BCUT2D eigenvalue weighted by atomic mass is 16.5. The van der Waals surface area contributed by atoms with Crippen LogP contribution in [0.4, 0.5) is 0 Å². The smallest absolute Gasteiger partial charge is 0.247 e. The fourth-order valence-electron chi connectivity index (χ4n) is 4.47. The summed E-state index contributed by atoms with van der Waals surface area (Å²) < 4.78 is 11.4. The highest BCUT2D eigenvalue weighted by Gasteiger charge is 2.34. The van der Waals surface area contributed by atoms with E-state index in [1.165, 1.54) is 0 Å². The predicted octanol–water partition coefficient (Wildman–Crippen LogP) is 2.03. The molecule has 0 aliphatic carbocycles.